The van der Waals surface area contributed by atoms with Crippen LogP contribution in [-0.2, 0) is 23.7 Å². The van der Waals surface area contributed by atoms with Gasteiger partial charge in [0.25, 0.3) is 0 Å². The lowest BCUT2D eigenvalue weighted by atomic mass is 9.79. The van der Waals surface area contributed by atoms with E-state index in [0.717, 1.165) is 6.42 Å². The molecule has 2 aliphatic rings. The maximum absolute atomic E-state index is 11.9. The molecule has 11 heteroatoms. The van der Waals surface area contributed by atoms with Gasteiger partial charge in [0.2, 0.25) is 5.91 Å². The second-order valence-electron chi connectivity index (χ2n) is 8.44. The average Bonchev–Trinajstić information content (AvgIpc) is 2.72. The largest absolute Gasteiger partial charge is 0.394 e. The molecule has 0 aliphatic carbocycles. The van der Waals surface area contributed by atoms with E-state index < -0.39 is 74.4 Å². The summed E-state index contributed by atoms with van der Waals surface area (Å²) >= 11 is 0. The molecule has 10 unspecified atom stereocenters. The van der Waals surface area contributed by atoms with Gasteiger partial charge in [-0.15, -0.1) is 0 Å². The van der Waals surface area contributed by atoms with E-state index in [0.29, 0.717) is 6.61 Å². The maximum Gasteiger partial charge on any atom is 0.217 e. The molecule has 10 atom stereocenters. The van der Waals surface area contributed by atoms with Crippen molar-refractivity contribution in [3.8, 4) is 0 Å². The number of carbonyl (C=O) groups excluding carboxylic acids is 1. The van der Waals surface area contributed by atoms with Gasteiger partial charge in [-0.1, -0.05) is 28.2 Å². The Kier molecular flexibility index (Phi) is 11.9. The zero-order valence-corrected chi connectivity index (χ0v) is 18.5. The molecule has 0 bridgehead atoms. The van der Waals surface area contributed by atoms with E-state index in [1.165, 1.54) is 6.92 Å². The van der Waals surface area contributed by atoms with E-state index in [1.54, 1.807) is 0 Å². The molecule has 32 heavy (non-hydrogen) atoms. The fourth-order valence-corrected chi connectivity index (χ4v) is 4.20. The van der Waals surface area contributed by atoms with Crippen LogP contribution in [0.15, 0.2) is 0 Å². The minimum atomic E-state index is -1.60. The van der Waals surface area contributed by atoms with Gasteiger partial charge in [-0.2, -0.15) is 0 Å². The van der Waals surface area contributed by atoms with Gasteiger partial charge in [0.15, 0.2) is 12.6 Å². The number of rotatable bonds is 9. The van der Waals surface area contributed by atoms with Gasteiger partial charge in [0, 0.05) is 19.4 Å². The van der Waals surface area contributed by atoms with Crippen molar-refractivity contribution < 1.29 is 49.3 Å². The predicted octanol–water partition coefficient (Wildman–Crippen LogP) is -1.27. The zero-order valence-electron chi connectivity index (χ0n) is 18.5. The van der Waals surface area contributed by atoms with Gasteiger partial charge in [-0.25, -0.2) is 0 Å². The monoisotopic (exact) mass is 467 g/mol. The highest BCUT2D eigenvalue weighted by Crippen LogP contribution is 2.36. The van der Waals surface area contributed by atoms with E-state index in [-0.39, 0.29) is 19.3 Å². The molecule has 0 spiro atoms. The fraction of sp³-hybridized carbons (Fsp3) is 0.952. The van der Waals surface area contributed by atoms with Crippen molar-refractivity contribution in [1.29, 1.82) is 0 Å². The first-order chi connectivity index (χ1) is 14.7. The number of aliphatic hydroxyl groups excluding tert-OH is 5. The highest BCUT2D eigenvalue weighted by molar-refractivity contribution is 5.73. The SMILES string of the molecule is C.CCCOC1OC(CO)C(OC2OC(CO)C(O)C(O)C2O)C(C(C)C)C1NC(C)=O. The van der Waals surface area contributed by atoms with Crippen LogP contribution in [0.1, 0.15) is 41.5 Å². The summed E-state index contributed by atoms with van der Waals surface area (Å²) in [6.07, 6.45) is -9.06. The van der Waals surface area contributed by atoms with Crippen molar-refractivity contribution in [1.82, 2.24) is 5.32 Å². The Labute approximate surface area is 189 Å². The fourth-order valence-electron chi connectivity index (χ4n) is 4.20. The lowest BCUT2D eigenvalue weighted by Gasteiger charge is -2.50. The second kappa shape index (κ2) is 13.1. The molecule has 6 N–H and O–H groups in total. The van der Waals surface area contributed by atoms with Crippen LogP contribution in [0, 0.1) is 11.8 Å². The lowest BCUT2D eigenvalue weighted by Crippen LogP contribution is -2.66. The van der Waals surface area contributed by atoms with E-state index in [1.807, 2.05) is 20.8 Å². The first-order valence-electron chi connectivity index (χ1n) is 10.8. The third-order valence-corrected chi connectivity index (χ3v) is 5.71. The summed E-state index contributed by atoms with van der Waals surface area (Å²) in [4.78, 5) is 11.9. The molecule has 2 rings (SSSR count). The van der Waals surface area contributed by atoms with Gasteiger partial charge in [0.05, 0.1) is 25.4 Å². The van der Waals surface area contributed by atoms with Crippen LogP contribution in [0.25, 0.3) is 0 Å². The number of nitrogens with one attached hydrogen (secondary N) is 1. The van der Waals surface area contributed by atoms with Gasteiger partial charge < -0.3 is 49.8 Å². The first kappa shape index (κ1) is 29.1. The molecule has 0 aromatic heterocycles. The molecule has 2 saturated heterocycles. The third kappa shape index (κ3) is 6.58. The van der Waals surface area contributed by atoms with Gasteiger partial charge in [-0.3, -0.25) is 4.79 Å². The van der Waals surface area contributed by atoms with Gasteiger partial charge >= 0.3 is 0 Å². The van der Waals surface area contributed by atoms with Gasteiger partial charge in [-0.05, 0) is 12.3 Å². The Morgan fingerprint density at radius 3 is 2.09 bits per heavy atom. The lowest BCUT2D eigenvalue weighted by molar-refractivity contribution is -0.346. The van der Waals surface area contributed by atoms with Crippen molar-refractivity contribution >= 4 is 5.91 Å². The summed E-state index contributed by atoms with van der Waals surface area (Å²) in [7, 11) is 0. The van der Waals surface area contributed by atoms with Crippen molar-refractivity contribution in [3.05, 3.63) is 0 Å². The van der Waals surface area contributed by atoms with Crippen molar-refractivity contribution in [2.75, 3.05) is 19.8 Å². The van der Waals surface area contributed by atoms with Crippen LogP contribution in [0.5, 0.6) is 0 Å². The summed E-state index contributed by atoms with van der Waals surface area (Å²) in [5, 5.41) is 52.7. The van der Waals surface area contributed by atoms with Crippen LogP contribution < -0.4 is 5.32 Å². The molecule has 0 radical (unpaired) electrons. The molecule has 0 saturated carbocycles. The highest BCUT2D eigenvalue weighted by atomic mass is 16.7. The quantitative estimate of drug-likeness (QED) is 0.241. The molecule has 11 nitrogen and oxygen atoms in total. The highest BCUT2D eigenvalue weighted by Gasteiger charge is 2.52. The Morgan fingerprint density at radius 2 is 1.59 bits per heavy atom. The molecule has 190 valence electrons. The summed E-state index contributed by atoms with van der Waals surface area (Å²) in [6.45, 7) is 6.51. The molecule has 2 fully saturated rings. The first-order valence-corrected chi connectivity index (χ1v) is 10.8. The number of hydrogen-bond donors (Lipinski definition) is 6. The smallest absolute Gasteiger partial charge is 0.217 e. The number of ether oxygens (including phenoxy) is 4. The average molecular weight is 468 g/mol. The summed E-state index contributed by atoms with van der Waals surface area (Å²) in [6, 6.07) is -0.610. The van der Waals surface area contributed by atoms with Crippen molar-refractivity contribution in [3.63, 3.8) is 0 Å². The van der Waals surface area contributed by atoms with Crippen LogP contribution >= 0.6 is 0 Å². The van der Waals surface area contributed by atoms with E-state index in [2.05, 4.69) is 5.32 Å². The van der Waals surface area contributed by atoms with Crippen LogP contribution in [0.2, 0.25) is 0 Å². The molecule has 1 amide bonds. The minimum absolute atomic E-state index is 0. The summed E-state index contributed by atoms with van der Waals surface area (Å²) < 4.78 is 23.2. The molecular formula is C21H41NO10. The molecule has 2 aliphatic heterocycles. The molecule has 0 aromatic rings. The van der Waals surface area contributed by atoms with E-state index in [9.17, 15) is 30.3 Å². The predicted molar refractivity (Wildman–Crippen MR) is 113 cm³/mol. The number of aliphatic hydroxyl groups is 5. The second-order valence-corrected chi connectivity index (χ2v) is 8.44. The van der Waals surface area contributed by atoms with Crippen LogP contribution in [0.3, 0.4) is 0 Å². The standard InChI is InChI=1S/C20H37NO10.CH4/c1-5-6-28-19-14(21-10(4)24)13(9(2)3)18(12(8-23)30-19)31-20-17(27)16(26)15(25)11(7-22)29-20;/h9,11-20,22-23,25-27H,5-8H2,1-4H3,(H,21,24);1H4. The Hall–Kier alpha value is -0.890. The molecular weight excluding hydrogens is 426 g/mol. The normalized spacial score (nSPS) is 40.1. The summed E-state index contributed by atoms with van der Waals surface area (Å²) in [5.74, 6) is -0.778. The summed E-state index contributed by atoms with van der Waals surface area (Å²) in [5.41, 5.74) is 0. The van der Waals surface area contributed by atoms with Crippen LogP contribution in [0.4, 0.5) is 0 Å². The van der Waals surface area contributed by atoms with E-state index in [4.69, 9.17) is 18.9 Å². The minimum Gasteiger partial charge on any atom is -0.394 e. The maximum atomic E-state index is 11.9. The molecule has 2 heterocycles. The Bertz CT molecular complexity index is 563. The Balaban J connectivity index is 0.00000512. The van der Waals surface area contributed by atoms with Crippen molar-refractivity contribution in [2.24, 2.45) is 11.8 Å². The number of hydrogen-bond acceptors (Lipinski definition) is 10. The zero-order chi connectivity index (χ0) is 23.3. The van der Waals surface area contributed by atoms with Gasteiger partial charge in [0.1, 0.15) is 30.5 Å². The number of carbonyl (C=O) groups is 1. The number of amides is 1. The third-order valence-electron chi connectivity index (χ3n) is 5.71. The Morgan fingerprint density at radius 1 is 1.00 bits per heavy atom. The van der Waals surface area contributed by atoms with Crippen molar-refractivity contribution in [2.45, 2.75) is 96.8 Å². The molecule has 0 aromatic carbocycles. The topological polar surface area (TPSA) is 167 Å². The van der Waals surface area contributed by atoms with E-state index >= 15 is 0 Å². The van der Waals surface area contributed by atoms with Crippen LogP contribution in [-0.4, -0.2) is 107 Å².